The Morgan fingerprint density at radius 3 is 1.54 bits per heavy atom. The molecule has 0 spiro atoms. The maximum atomic E-state index is 12.5. The van der Waals surface area contributed by atoms with E-state index in [0.717, 1.165) is 25.7 Å². The number of hydroxylamine groups is 1. The Hall–Kier alpha value is -1.03. The summed E-state index contributed by atoms with van der Waals surface area (Å²) in [5.74, 6) is -3.34. The van der Waals surface area contributed by atoms with E-state index in [1.165, 1.54) is 48.5 Å². The third-order valence-electron chi connectivity index (χ3n) is 8.83. The van der Waals surface area contributed by atoms with Crippen LogP contribution < -0.4 is 32.1 Å². The Labute approximate surface area is 382 Å². The molecule has 8 N–H and O–H groups in total. The Morgan fingerprint density at radius 2 is 1.15 bits per heavy atom. The predicted molar refractivity (Wildman–Crippen MR) is 247 cm³/mol. The number of hydrogen-bond acceptors (Lipinski definition) is 18. The van der Waals surface area contributed by atoms with Gasteiger partial charge < -0.3 is 46.4 Å². The number of rotatable bonds is 29. The van der Waals surface area contributed by atoms with Crippen LogP contribution in [0.2, 0.25) is 0 Å². The van der Waals surface area contributed by atoms with E-state index in [2.05, 4.69) is 59.1 Å². The molecule has 14 atom stereocenters. The number of amides is 1. The zero-order valence-corrected chi connectivity index (χ0v) is 40.9. The molecule has 0 aromatic carbocycles. The molecule has 61 heavy (non-hydrogen) atoms. The van der Waals surface area contributed by atoms with E-state index in [9.17, 15) is 51.8 Å². The fourth-order valence-electron chi connectivity index (χ4n) is 4.60. The summed E-state index contributed by atoms with van der Waals surface area (Å²) in [4.78, 5) is 83.7. The number of likely N-dealkylation sites (N-methyl/N-ethyl adjacent to an activating group) is 2. The summed E-state index contributed by atoms with van der Waals surface area (Å²) in [6.45, 7) is 3.25. The largest absolute Gasteiger partial charge is 0.480 e. The van der Waals surface area contributed by atoms with Crippen molar-refractivity contribution in [2.24, 2.45) is 11.8 Å². The van der Waals surface area contributed by atoms with Gasteiger partial charge >= 0.3 is 36.0 Å². The van der Waals surface area contributed by atoms with Gasteiger partial charge in [-0.15, -0.1) is 33.2 Å². The molecule has 2 fully saturated rings. The predicted octanol–water partition coefficient (Wildman–Crippen LogP) is 1.61. The Morgan fingerprint density at radius 1 is 0.705 bits per heavy atom. The molecule has 0 aromatic rings. The van der Waals surface area contributed by atoms with Gasteiger partial charge in [0.1, 0.15) is 24.2 Å². The molecule has 0 heterocycles. The highest BCUT2D eigenvalue weighted by Gasteiger charge is 2.38. The van der Waals surface area contributed by atoms with Crippen LogP contribution in [0.3, 0.4) is 0 Å². The minimum absolute atomic E-state index is 0.0179. The molecular formula is C34H62F3N6O11P3S4. The molecule has 0 aromatic heterocycles. The summed E-state index contributed by atoms with van der Waals surface area (Å²) in [7, 11) is 15.0. The van der Waals surface area contributed by atoms with Gasteiger partial charge in [0, 0.05) is 51.5 Å². The van der Waals surface area contributed by atoms with E-state index in [1.54, 1.807) is 23.3 Å². The highest BCUT2D eigenvalue weighted by molar-refractivity contribution is 8.77. The summed E-state index contributed by atoms with van der Waals surface area (Å²) >= 11 is 0. The molecule has 0 bridgehead atoms. The first-order valence-electron chi connectivity index (χ1n) is 20.4. The number of alkyl halides is 3. The highest BCUT2D eigenvalue weighted by atomic mass is 33.1. The van der Waals surface area contributed by atoms with Gasteiger partial charge in [-0.2, -0.15) is 13.2 Å². The van der Waals surface area contributed by atoms with Gasteiger partial charge in [-0.3, -0.25) is 28.8 Å². The van der Waals surface area contributed by atoms with Crippen molar-refractivity contribution in [3.63, 3.8) is 0 Å². The first-order valence-corrected chi connectivity index (χ1v) is 25.7. The van der Waals surface area contributed by atoms with Crippen LogP contribution in [-0.4, -0.2) is 169 Å². The number of nitrogens with one attached hydrogen (secondary N) is 6. The van der Waals surface area contributed by atoms with Crippen LogP contribution in [0.5, 0.6) is 0 Å². The smallest absolute Gasteiger partial charge is 0.471 e. The Bertz CT molecular complexity index is 1490. The molecule has 0 saturated heterocycles. The summed E-state index contributed by atoms with van der Waals surface area (Å²) < 4.78 is 61.1. The SMILES string of the molecule is CN[C@@H](CSSC[C@@H](NC1CCC1C)C(=O)O)C(=O)O.[3H]C(P)C(=O)CNC(=O)C(F)(F)F.[3H]C(P)COC(=O)[C@H](CSSC[C@@H](NC1CCC1C)C(=O)ONCC(=O)C([3H])P)NC. The lowest BCUT2D eigenvalue weighted by molar-refractivity contribution is -0.173. The lowest BCUT2D eigenvalue weighted by atomic mass is 9.81. The first kappa shape index (κ1) is 54.3. The number of ketones is 2. The number of carbonyl (C=O) groups is 7. The topological polar surface area (TPSA) is 251 Å². The normalized spacial score (nSPS) is 22.2. The minimum atomic E-state index is -4.99. The number of carboxylic acids is 2. The van der Waals surface area contributed by atoms with Crippen molar-refractivity contribution < 1.29 is 70.6 Å². The number of aliphatic carboxylic acids is 2. The van der Waals surface area contributed by atoms with Gasteiger partial charge in [-0.1, -0.05) is 57.0 Å². The van der Waals surface area contributed by atoms with Crippen LogP contribution in [0, 0.1) is 11.8 Å². The van der Waals surface area contributed by atoms with Crippen molar-refractivity contribution in [2.45, 2.75) is 82.0 Å². The second-order valence-electron chi connectivity index (χ2n) is 13.3. The number of ether oxygens (including phenoxy) is 1. The van der Waals surface area contributed by atoms with Crippen LogP contribution in [0.25, 0.3) is 0 Å². The molecule has 0 radical (unpaired) electrons. The van der Waals surface area contributed by atoms with Gasteiger partial charge in [0.05, 0.1) is 19.7 Å². The van der Waals surface area contributed by atoms with Crippen molar-refractivity contribution in [3.05, 3.63) is 0 Å². The molecule has 2 saturated carbocycles. The molecule has 17 nitrogen and oxygen atoms in total. The van der Waals surface area contributed by atoms with Gasteiger partial charge in [-0.05, 0) is 57.8 Å². The Balaban J connectivity index is 0.00000103. The lowest BCUT2D eigenvalue weighted by Gasteiger charge is -2.36. The van der Waals surface area contributed by atoms with Crippen molar-refractivity contribution in [1.82, 2.24) is 32.1 Å². The third-order valence-corrected chi connectivity index (χ3v) is 14.6. The summed E-state index contributed by atoms with van der Waals surface area (Å²) in [6, 6.07) is -1.72. The molecular weight excluding hydrogens is 947 g/mol. The number of carbonyl (C=O) groups excluding carboxylic acids is 5. The van der Waals surface area contributed by atoms with Gasteiger partial charge in [0.2, 0.25) is 0 Å². The monoisotopic (exact) mass is 1010 g/mol. The van der Waals surface area contributed by atoms with Gasteiger partial charge in [-0.25, -0.2) is 4.79 Å². The van der Waals surface area contributed by atoms with E-state index in [4.69, 9.17) is 18.8 Å². The average Bonchev–Trinajstić information content (AvgIpc) is 3.22. The van der Waals surface area contributed by atoms with Gasteiger partial charge in [0.15, 0.2) is 11.6 Å². The molecule has 2 aliphatic rings. The maximum absolute atomic E-state index is 12.5. The van der Waals surface area contributed by atoms with Crippen molar-refractivity contribution in [2.75, 3.05) is 75.2 Å². The van der Waals surface area contributed by atoms with Crippen molar-refractivity contribution >= 4 is 112 Å². The van der Waals surface area contributed by atoms with Crippen molar-refractivity contribution in [3.8, 4) is 0 Å². The zero-order chi connectivity index (χ0) is 49.2. The van der Waals surface area contributed by atoms with Crippen LogP contribution in [0.1, 0.15) is 43.6 Å². The Kier molecular flexibility index (Phi) is 30.6. The highest BCUT2D eigenvalue weighted by Crippen LogP contribution is 2.30. The quantitative estimate of drug-likeness (QED) is 0.0174. The van der Waals surface area contributed by atoms with Crippen molar-refractivity contribution in [1.29, 1.82) is 0 Å². The number of Topliss-reactive ketones (excluding diaryl/α,β-unsaturated/α-hetero) is 2. The summed E-state index contributed by atoms with van der Waals surface area (Å²) in [6.07, 6.45) is -3.44. The van der Waals surface area contributed by atoms with E-state index in [-0.39, 0.29) is 19.2 Å². The average molecular weight is 1020 g/mol. The number of hydrogen-bond donors (Lipinski definition) is 8. The number of esters is 1. The molecule has 27 heteroatoms. The fourth-order valence-corrected chi connectivity index (χ4v) is 9.73. The summed E-state index contributed by atoms with van der Waals surface area (Å²) in [5, 5.41) is 31.5. The molecule has 0 aliphatic heterocycles. The molecule has 1 amide bonds. The number of carboxylic acid groups (broad SMARTS) is 2. The number of halogens is 3. The second-order valence-corrected chi connectivity index (χ2v) is 19.6. The van der Waals surface area contributed by atoms with Crippen LogP contribution in [0.4, 0.5) is 13.2 Å². The minimum Gasteiger partial charge on any atom is -0.480 e. The van der Waals surface area contributed by atoms with E-state index in [1.807, 2.05) is 0 Å². The molecule has 10 unspecified atom stereocenters. The zero-order valence-electron chi connectivity index (χ0n) is 37.2. The van der Waals surface area contributed by atoms with E-state index >= 15 is 0 Å². The van der Waals surface area contributed by atoms with E-state index < -0.39 is 96.7 Å². The second kappa shape index (κ2) is 34.3. The maximum Gasteiger partial charge on any atom is 0.471 e. The van der Waals surface area contributed by atoms with Gasteiger partial charge in [0.25, 0.3) is 0 Å². The third kappa shape index (κ3) is 27.1. The fraction of sp³-hybridized carbons (Fsp3) is 0.794. The molecule has 354 valence electrons. The standard InChI is InChI=1S/C17H33N3O5P2S2.C12H22N2O4S2.C5H7F3NO2P/c1-11-3-4-13(11)20-15(17(23)25-19-7-12(21)8-27)10-29-28-9-14(18-2)16(22)24-5-6-26;1-7-3-4-8(7)14-10(12(17)18)6-20-19-5-9(13-2)11(15)16;6-5(7,8)4(11)9-1-3(10)2-12/h11,13-15,18-20H,3-10,26-27H2,1-2H3;7-10,13-14H,3-6H2,1-2H3,(H,15,16)(H,17,18);1-2,12H2,(H,9,11)/t11?,13?,14-,15+;7?,8?,9-,10+;/m00./s1/i6T,8T;;2T/t6?,8?,11?,13?,14-,15+;m;. The lowest BCUT2D eigenvalue weighted by Crippen LogP contribution is -2.52. The first-order chi connectivity index (χ1) is 29.8. The van der Waals surface area contributed by atoms with Crippen LogP contribution in [0.15, 0.2) is 0 Å². The van der Waals surface area contributed by atoms with Crippen LogP contribution in [-0.2, 0) is 43.1 Å². The van der Waals surface area contributed by atoms with Crippen LogP contribution >= 0.6 is 70.9 Å². The molecule has 2 rings (SSSR count). The molecule has 2 aliphatic carbocycles. The van der Waals surface area contributed by atoms with E-state index in [0.29, 0.717) is 40.9 Å². The summed E-state index contributed by atoms with van der Waals surface area (Å²) in [5.41, 5.74) is 2.35.